The Hall–Kier alpha value is -0.820. The van der Waals surface area contributed by atoms with Gasteiger partial charge in [0.2, 0.25) is 0 Å². The van der Waals surface area contributed by atoms with Crippen LogP contribution in [0.15, 0.2) is 0 Å². The number of nitrogens with zero attached hydrogens (tertiary/aromatic N) is 1. The van der Waals surface area contributed by atoms with E-state index in [-0.39, 0.29) is 19.2 Å². The standard InChI is InChI=1S/C9H18F3N3O/c1-6(2)15(3-4-16)5-7(8(13)14)9(10,11)12/h6-7,16H,3-5H2,1-2H3,(H3,13,14). The van der Waals surface area contributed by atoms with Crippen molar-refractivity contribution < 1.29 is 18.3 Å². The van der Waals surface area contributed by atoms with Crippen molar-refractivity contribution in [2.45, 2.75) is 26.1 Å². The maximum absolute atomic E-state index is 12.5. The van der Waals surface area contributed by atoms with Gasteiger partial charge < -0.3 is 10.8 Å². The molecule has 7 heteroatoms. The van der Waals surface area contributed by atoms with E-state index in [2.05, 4.69) is 0 Å². The lowest BCUT2D eigenvalue weighted by Gasteiger charge is -2.30. The third-order valence-corrected chi connectivity index (χ3v) is 2.31. The lowest BCUT2D eigenvalue weighted by atomic mass is 10.1. The Morgan fingerprint density at radius 1 is 1.44 bits per heavy atom. The van der Waals surface area contributed by atoms with E-state index in [0.29, 0.717) is 0 Å². The molecule has 0 radical (unpaired) electrons. The quantitative estimate of drug-likeness (QED) is 0.476. The monoisotopic (exact) mass is 241 g/mol. The van der Waals surface area contributed by atoms with Crippen molar-refractivity contribution in [3.05, 3.63) is 0 Å². The molecule has 0 bridgehead atoms. The Morgan fingerprint density at radius 3 is 2.19 bits per heavy atom. The molecule has 0 saturated heterocycles. The summed E-state index contributed by atoms with van der Waals surface area (Å²) in [4.78, 5) is 1.44. The molecular formula is C9H18F3N3O. The fourth-order valence-electron chi connectivity index (χ4n) is 1.30. The largest absolute Gasteiger partial charge is 0.399 e. The summed E-state index contributed by atoms with van der Waals surface area (Å²) in [6, 6.07) is -0.142. The first-order valence-electron chi connectivity index (χ1n) is 4.95. The number of hydrogen-bond acceptors (Lipinski definition) is 3. The van der Waals surface area contributed by atoms with Gasteiger partial charge in [-0.25, -0.2) is 0 Å². The van der Waals surface area contributed by atoms with Gasteiger partial charge in [-0.2, -0.15) is 13.2 Å². The molecule has 1 atom stereocenters. The van der Waals surface area contributed by atoms with E-state index < -0.39 is 24.5 Å². The van der Waals surface area contributed by atoms with Crippen LogP contribution in [-0.4, -0.2) is 47.8 Å². The molecule has 0 aromatic heterocycles. The van der Waals surface area contributed by atoms with Crippen molar-refractivity contribution in [1.82, 2.24) is 4.90 Å². The number of amidine groups is 1. The summed E-state index contributed by atoms with van der Waals surface area (Å²) in [6.07, 6.45) is -4.52. The molecule has 16 heavy (non-hydrogen) atoms. The third kappa shape index (κ3) is 4.80. The molecule has 0 fully saturated rings. The lowest BCUT2D eigenvalue weighted by Crippen LogP contribution is -2.46. The highest BCUT2D eigenvalue weighted by Crippen LogP contribution is 2.27. The highest BCUT2D eigenvalue weighted by Gasteiger charge is 2.42. The van der Waals surface area contributed by atoms with E-state index in [9.17, 15) is 13.2 Å². The van der Waals surface area contributed by atoms with Gasteiger partial charge in [-0.15, -0.1) is 0 Å². The predicted molar refractivity (Wildman–Crippen MR) is 55.3 cm³/mol. The summed E-state index contributed by atoms with van der Waals surface area (Å²) < 4.78 is 37.6. The number of nitrogens with two attached hydrogens (primary N) is 1. The molecule has 0 aliphatic heterocycles. The van der Waals surface area contributed by atoms with Crippen LogP contribution in [0.5, 0.6) is 0 Å². The lowest BCUT2D eigenvalue weighted by molar-refractivity contribution is -0.161. The number of halogens is 3. The van der Waals surface area contributed by atoms with E-state index in [4.69, 9.17) is 16.2 Å². The van der Waals surface area contributed by atoms with Gasteiger partial charge >= 0.3 is 6.18 Å². The van der Waals surface area contributed by atoms with Crippen molar-refractivity contribution in [3.8, 4) is 0 Å². The summed E-state index contributed by atoms with van der Waals surface area (Å²) in [5, 5.41) is 15.7. The molecule has 0 aromatic carbocycles. The van der Waals surface area contributed by atoms with Crippen LogP contribution in [0.4, 0.5) is 13.2 Å². The zero-order chi connectivity index (χ0) is 12.9. The summed E-state index contributed by atoms with van der Waals surface area (Å²) in [6.45, 7) is 2.97. The van der Waals surface area contributed by atoms with Crippen LogP contribution in [0.3, 0.4) is 0 Å². The van der Waals surface area contributed by atoms with Crippen LogP contribution >= 0.6 is 0 Å². The SMILES string of the molecule is CC(C)N(CCO)CC(C(=N)N)C(F)(F)F. The van der Waals surface area contributed by atoms with Gasteiger partial charge in [0.1, 0.15) is 11.8 Å². The van der Waals surface area contributed by atoms with Crippen molar-refractivity contribution in [2.24, 2.45) is 11.7 Å². The Labute approximate surface area is 92.7 Å². The van der Waals surface area contributed by atoms with Crippen LogP contribution < -0.4 is 5.73 Å². The van der Waals surface area contributed by atoms with Crippen LogP contribution in [-0.2, 0) is 0 Å². The molecular weight excluding hydrogens is 223 g/mol. The topological polar surface area (TPSA) is 73.3 Å². The maximum atomic E-state index is 12.5. The predicted octanol–water partition coefficient (Wildman–Crippen LogP) is 0.804. The van der Waals surface area contributed by atoms with E-state index in [1.165, 1.54) is 4.90 Å². The van der Waals surface area contributed by atoms with E-state index in [0.717, 1.165) is 0 Å². The molecule has 0 rings (SSSR count). The minimum Gasteiger partial charge on any atom is -0.395 e. The third-order valence-electron chi connectivity index (χ3n) is 2.31. The van der Waals surface area contributed by atoms with Gasteiger partial charge in [0.25, 0.3) is 0 Å². The van der Waals surface area contributed by atoms with Crippen molar-refractivity contribution in [3.63, 3.8) is 0 Å². The number of nitrogens with one attached hydrogen (secondary N) is 1. The van der Waals surface area contributed by atoms with Gasteiger partial charge in [0, 0.05) is 19.1 Å². The first-order chi connectivity index (χ1) is 7.20. The molecule has 0 aromatic rings. The summed E-state index contributed by atoms with van der Waals surface area (Å²) >= 11 is 0. The Kier molecular flexibility index (Phi) is 5.74. The molecule has 96 valence electrons. The molecule has 4 N–H and O–H groups in total. The molecule has 0 saturated carbocycles. The number of aliphatic hydroxyl groups is 1. The molecule has 0 aliphatic carbocycles. The van der Waals surface area contributed by atoms with E-state index >= 15 is 0 Å². The normalized spacial score (nSPS) is 14.5. The Balaban J connectivity index is 4.65. The van der Waals surface area contributed by atoms with Crippen molar-refractivity contribution >= 4 is 5.84 Å². The van der Waals surface area contributed by atoms with Crippen LogP contribution in [0.25, 0.3) is 0 Å². The second kappa shape index (κ2) is 6.05. The minimum atomic E-state index is -4.52. The Morgan fingerprint density at radius 2 is 1.94 bits per heavy atom. The molecule has 0 aliphatic rings. The fourth-order valence-corrected chi connectivity index (χ4v) is 1.30. The second-order valence-electron chi connectivity index (χ2n) is 3.86. The zero-order valence-electron chi connectivity index (χ0n) is 9.38. The highest BCUT2D eigenvalue weighted by atomic mass is 19.4. The molecule has 4 nitrogen and oxygen atoms in total. The van der Waals surface area contributed by atoms with Gasteiger partial charge in [-0.05, 0) is 13.8 Å². The number of aliphatic hydroxyl groups excluding tert-OH is 1. The second-order valence-corrected chi connectivity index (χ2v) is 3.86. The average Bonchev–Trinajstić information content (AvgIpc) is 2.08. The van der Waals surface area contributed by atoms with Gasteiger partial charge in [0.05, 0.1) is 6.61 Å². The number of alkyl halides is 3. The van der Waals surface area contributed by atoms with Gasteiger partial charge in [-0.3, -0.25) is 10.3 Å². The van der Waals surface area contributed by atoms with Crippen LogP contribution in [0.1, 0.15) is 13.8 Å². The molecule has 1 unspecified atom stereocenters. The smallest absolute Gasteiger partial charge is 0.395 e. The summed E-state index contributed by atoms with van der Waals surface area (Å²) in [7, 11) is 0. The summed E-state index contributed by atoms with van der Waals surface area (Å²) in [5.74, 6) is -2.86. The minimum absolute atomic E-state index is 0.136. The van der Waals surface area contributed by atoms with Gasteiger partial charge in [0.15, 0.2) is 0 Å². The van der Waals surface area contributed by atoms with Crippen LogP contribution in [0, 0.1) is 11.3 Å². The number of hydrogen-bond donors (Lipinski definition) is 3. The molecule has 0 heterocycles. The first kappa shape index (κ1) is 15.2. The molecule has 0 amide bonds. The first-order valence-corrected chi connectivity index (χ1v) is 4.95. The van der Waals surface area contributed by atoms with Crippen molar-refractivity contribution in [2.75, 3.05) is 19.7 Å². The maximum Gasteiger partial charge on any atom is 0.399 e. The van der Waals surface area contributed by atoms with Gasteiger partial charge in [-0.1, -0.05) is 0 Å². The highest BCUT2D eigenvalue weighted by molar-refractivity contribution is 5.80. The van der Waals surface area contributed by atoms with Crippen molar-refractivity contribution in [1.29, 1.82) is 5.41 Å². The summed E-state index contributed by atoms with van der Waals surface area (Å²) in [5.41, 5.74) is 4.94. The van der Waals surface area contributed by atoms with Crippen LogP contribution in [0.2, 0.25) is 0 Å². The average molecular weight is 241 g/mol. The van der Waals surface area contributed by atoms with E-state index in [1.807, 2.05) is 0 Å². The number of rotatable bonds is 6. The zero-order valence-corrected chi connectivity index (χ0v) is 9.38. The Bertz CT molecular complexity index is 231. The van der Waals surface area contributed by atoms with E-state index in [1.54, 1.807) is 13.8 Å². The fraction of sp³-hybridized carbons (Fsp3) is 0.889. The molecule has 0 spiro atoms.